The quantitative estimate of drug-likeness (QED) is 0.550. The molecule has 2 atom stereocenters. The van der Waals surface area contributed by atoms with Crippen LogP contribution in [0.2, 0.25) is 0 Å². The number of ether oxygens (including phenoxy) is 1. The molecule has 0 aromatic rings. The van der Waals surface area contributed by atoms with Gasteiger partial charge in [-0.25, -0.2) is 0 Å². The third-order valence-electron chi connectivity index (χ3n) is 1.49. The van der Waals surface area contributed by atoms with Gasteiger partial charge in [-0.3, -0.25) is 4.79 Å². The minimum Gasteiger partial charge on any atom is -0.468 e. The fourth-order valence-electron chi connectivity index (χ4n) is 0.947. The summed E-state index contributed by atoms with van der Waals surface area (Å²) in [5, 5.41) is -0.0139. The summed E-state index contributed by atoms with van der Waals surface area (Å²) in [6.07, 6.45) is 0.761. The monoisotopic (exact) mass is 161 g/mol. The summed E-state index contributed by atoms with van der Waals surface area (Å²) in [7, 11) is 1.41. The normalized spacial score (nSPS) is 32.2. The van der Waals surface area contributed by atoms with Crippen molar-refractivity contribution >= 4 is 17.7 Å². The van der Waals surface area contributed by atoms with E-state index in [0.29, 0.717) is 0 Å². The fourth-order valence-corrected chi connectivity index (χ4v) is 2.18. The van der Waals surface area contributed by atoms with E-state index in [0.717, 1.165) is 12.2 Å². The lowest BCUT2D eigenvalue weighted by molar-refractivity contribution is -0.140. The van der Waals surface area contributed by atoms with Crippen LogP contribution in [0.4, 0.5) is 0 Å². The van der Waals surface area contributed by atoms with Gasteiger partial charge in [0.1, 0.15) is 5.25 Å². The minimum atomic E-state index is -0.141. The largest absolute Gasteiger partial charge is 0.468 e. The van der Waals surface area contributed by atoms with Crippen LogP contribution in [0.25, 0.3) is 0 Å². The van der Waals surface area contributed by atoms with Crippen LogP contribution in [0.3, 0.4) is 0 Å². The third-order valence-corrected chi connectivity index (χ3v) is 2.90. The van der Waals surface area contributed by atoms with Gasteiger partial charge in [-0.2, -0.15) is 0 Å². The Morgan fingerprint density at radius 2 is 2.50 bits per heavy atom. The van der Waals surface area contributed by atoms with Crippen LogP contribution in [-0.4, -0.2) is 30.1 Å². The Bertz CT molecular complexity index is 140. The van der Waals surface area contributed by atoms with Gasteiger partial charge in [-0.05, 0) is 6.42 Å². The van der Waals surface area contributed by atoms with Crippen LogP contribution in [0.5, 0.6) is 0 Å². The fraction of sp³-hybridized carbons (Fsp3) is 0.833. The van der Waals surface area contributed by atoms with Crippen molar-refractivity contribution in [1.82, 2.24) is 0 Å². The van der Waals surface area contributed by atoms with Crippen LogP contribution in [0.1, 0.15) is 6.42 Å². The Morgan fingerprint density at radius 1 is 1.80 bits per heavy atom. The van der Waals surface area contributed by atoms with Crippen molar-refractivity contribution in [3.63, 3.8) is 0 Å². The van der Waals surface area contributed by atoms with Gasteiger partial charge in [0.05, 0.1) is 7.11 Å². The first-order valence-corrected chi connectivity index (χ1v) is 4.24. The number of nitrogens with two attached hydrogens (primary N) is 1. The molecule has 0 aromatic heterocycles. The van der Waals surface area contributed by atoms with E-state index in [-0.39, 0.29) is 17.3 Å². The van der Waals surface area contributed by atoms with Gasteiger partial charge in [0, 0.05) is 11.8 Å². The van der Waals surface area contributed by atoms with Gasteiger partial charge < -0.3 is 10.5 Å². The molecule has 4 heteroatoms. The lowest BCUT2D eigenvalue weighted by atomic mass is 10.2. The van der Waals surface area contributed by atoms with Gasteiger partial charge in [-0.15, -0.1) is 11.8 Å². The number of rotatable bonds is 1. The van der Waals surface area contributed by atoms with Gasteiger partial charge >= 0.3 is 5.97 Å². The second kappa shape index (κ2) is 3.25. The predicted molar refractivity (Wildman–Crippen MR) is 40.9 cm³/mol. The summed E-state index contributed by atoms with van der Waals surface area (Å²) in [4.78, 5) is 10.9. The zero-order valence-electron chi connectivity index (χ0n) is 5.87. The maximum Gasteiger partial charge on any atom is 0.318 e. The predicted octanol–water partition coefficient (Wildman–Crippen LogP) is -0.00780. The van der Waals surface area contributed by atoms with Crippen molar-refractivity contribution in [2.24, 2.45) is 5.73 Å². The molecule has 3 nitrogen and oxygen atoms in total. The molecule has 0 bridgehead atoms. The average molecular weight is 161 g/mol. The summed E-state index contributed by atoms with van der Waals surface area (Å²) in [6, 6.07) is 0.175. The van der Waals surface area contributed by atoms with Crippen LogP contribution < -0.4 is 5.73 Å². The van der Waals surface area contributed by atoms with E-state index >= 15 is 0 Å². The zero-order valence-corrected chi connectivity index (χ0v) is 6.69. The number of carbonyl (C=O) groups excluding carboxylic acids is 1. The first-order chi connectivity index (χ1) is 4.74. The van der Waals surface area contributed by atoms with E-state index < -0.39 is 0 Å². The van der Waals surface area contributed by atoms with Crippen molar-refractivity contribution in [3.8, 4) is 0 Å². The van der Waals surface area contributed by atoms with Crippen molar-refractivity contribution in [2.45, 2.75) is 17.7 Å². The van der Waals surface area contributed by atoms with Gasteiger partial charge in [-0.1, -0.05) is 0 Å². The molecular formula is C6H11NO2S. The Hall–Kier alpha value is -0.220. The molecule has 1 fully saturated rings. The topological polar surface area (TPSA) is 52.3 Å². The first-order valence-electron chi connectivity index (χ1n) is 3.19. The summed E-state index contributed by atoms with van der Waals surface area (Å²) in [5.74, 6) is 0.734. The molecule has 1 aliphatic heterocycles. The number of esters is 1. The smallest absolute Gasteiger partial charge is 0.318 e. The highest BCUT2D eigenvalue weighted by Gasteiger charge is 2.28. The van der Waals surface area contributed by atoms with E-state index in [4.69, 9.17) is 5.73 Å². The van der Waals surface area contributed by atoms with Crippen molar-refractivity contribution in [2.75, 3.05) is 12.9 Å². The van der Waals surface area contributed by atoms with E-state index in [1.807, 2.05) is 0 Å². The molecule has 2 unspecified atom stereocenters. The second-order valence-electron chi connectivity index (χ2n) is 2.34. The van der Waals surface area contributed by atoms with E-state index in [9.17, 15) is 4.79 Å². The number of carbonyl (C=O) groups is 1. The third kappa shape index (κ3) is 1.64. The standard InChI is InChI=1S/C6H11NO2S/c1-9-6(8)5-2-4(7)3-10-5/h4-5H,2-3,7H2,1H3. The molecule has 0 amide bonds. The molecule has 1 aliphatic rings. The number of methoxy groups -OCH3 is 1. The number of hydrogen-bond donors (Lipinski definition) is 1. The van der Waals surface area contributed by atoms with E-state index in [2.05, 4.69) is 4.74 Å². The highest BCUT2D eigenvalue weighted by atomic mass is 32.2. The Balaban J connectivity index is 2.37. The van der Waals surface area contributed by atoms with Crippen LogP contribution >= 0.6 is 11.8 Å². The highest BCUT2D eigenvalue weighted by molar-refractivity contribution is 8.00. The highest BCUT2D eigenvalue weighted by Crippen LogP contribution is 2.26. The average Bonchev–Trinajstić information content (AvgIpc) is 2.34. The van der Waals surface area contributed by atoms with Crippen molar-refractivity contribution in [1.29, 1.82) is 0 Å². The van der Waals surface area contributed by atoms with Crippen molar-refractivity contribution in [3.05, 3.63) is 0 Å². The molecule has 10 heavy (non-hydrogen) atoms. The van der Waals surface area contributed by atoms with E-state index in [1.165, 1.54) is 7.11 Å². The molecular weight excluding hydrogens is 150 g/mol. The minimum absolute atomic E-state index is 0.0139. The molecule has 0 radical (unpaired) electrons. The summed E-state index contributed by atoms with van der Waals surface area (Å²) in [5.41, 5.74) is 5.59. The maximum atomic E-state index is 10.9. The Kier molecular flexibility index (Phi) is 2.56. The molecule has 1 rings (SSSR count). The molecule has 0 aliphatic carbocycles. The zero-order chi connectivity index (χ0) is 7.56. The molecule has 58 valence electrons. The number of thioether (sulfide) groups is 1. The lowest BCUT2D eigenvalue weighted by Crippen LogP contribution is -2.22. The molecule has 0 spiro atoms. The maximum absolute atomic E-state index is 10.9. The van der Waals surface area contributed by atoms with Crippen molar-refractivity contribution < 1.29 is 9.53 Å². The Labute approximate surface area is 64.3 Å². The second-order valence-corrected chi connectivity index (χ2v) is 3.58. The van der Waals surface area contributed by atoms with Gasteiger partial charge in [0.2, 0.25) is 0 Å². The Morgan fingerprint density at radius 3 is 2.90 bits per heavy atom. The lowest BCUT2D eigenvalue weighted by Gasteiger charge is -2.03. The first kappa shape index (κ1) is 7.88. The SMILES string of the molecule is COC(=O)C1CC(N)CS1. The molecule has 0 aromatic carbocycles. The molecule has 1 heterocycles. The number of hydrogen-bond acceptors (Lipinski definition) is 4. The van der Waals surface area contributed by atoms with Crippen LogP contribution in [0.15, 0.2) is 0 Å². The molecule has 0 saturated carbocycles. The summed E-state index contributed by atoms with van der Waals surface area (Å²) >= 11 is 1.58. The summed E-state index contributed by atoms with van der Waals surface area (Å²) < 4.78 is 4.57. The molecule has 2 N–H and O–H groups in total. The van der Waals surface area contributed by atoms with Crippen LogP contribution in [-0.2, 0) is 9.53 Å². The van der Waals surface area contributed by atoms with E-state index in [1.54, 1.807) is 11.8 Å². The molecule has 1 saturated heterocycles. The van der Waals surface area contributed by atoms with Gasteiger partial charge in [0.25, 0.3) is 0 Å². The van der Waals surface area contributed by atoms with Crippen LogP contribution in [0, 0.1) is 0 Å². The summed E-state index contributed by atoms with van der Waals surface area (Å²) in [6.45, 7) is 0. The van der Waals surface area contributed by atoms with Gasteiger partial charge in [0.15, 0.2) is 0 Å².